The van der Waals surface area contributed by atoms with Crippen molar-refractivity contribution in [2.45, 2.75) is 18.9 Å². The largest absolute Gasteiger partial charge is 0.419 e. The number of rotatable bonds is 5. The van der Waals surface area contributed by atoms with Crippen LogP contribution in [-0.2, 0) is 7.05 Å². The van der Waals surface area contributed by atoms with Crippen LogP contribution in [0.5, 0.6) is 0 Å². The molecular formula is C14H20N2O3. The predicted octanol–water partition coefficient (Wildman–Crippen LogP) is 1.51. The van der Waals surface area contributed by atoms with E-state index in [9.17, 15) is 4.79 Å². The molecule has 1 atom stereocenters. The van der Waals surface area contributed by atoms with Gasteiger partial charge in [-0.15, -0.1) is 0 Å². The molecule has 2 aromatic rings. The minimum Gasteiger partial charge on any atom is -0.408 e. The molecule has 1 unspecified atom stereocenters. The van der Waals surface area contributed by atoms with Crippen LogP contribution in [-0.4, -0.2) is 35.3 Å². The maximum absolute atomic E-state index is 11.5. The Morgan fingerprint density at radius 3 is 2.79 bits per heavy atom. The molecule has 19 heavy (non-hydrogen) atoms. The highest BCUT2D eigenvalue weighted by Gasteiger charge is 2.16. The zero-order valence-electron chi connectivity index (χ0n) is 11.6. The summed E-state index contributed by atoms with van der Waals surface area (Å²) in [5.74, 6) is -0.344. The number of hydrogen-bond donors (Lipinski definition) is 1. The zero-order valence-corrected chi connectivity index (χ0v) is 11.6. The first kappa shape index (κ1) is 13.8. The molecule has 0 saturated carbocycles. The lowest BCUT2D eigenvalue weighted by molar-refractivity contribution is 0.235. The van der Waals surface area contributed by atoms with Crippen LogP contribution in [0.2, 0.25) is 0 Å². The molecule has 0 saturated heterocycles. The lowest BCUT2D eigenvalue weighted by atomic mass is 10.0. The van der Waals surface area contributed by atoms with Crippen molar-refractivity contribution in [3.05, 3.63) is 34.3 Å². The highest BCUT2D eigenvalue weighted by molar-refractivity contribution is 5.73. The molecule has 0 fully saturated rings. The Kier molecular flexibility index (Phi) is 4.07. The maximum atomic E-state index is 11.5. The third-order valence-electron chi connectivity index (χ3n) is 3.46. The van der Waals surface area contributed by atoms with Gasteiger partial charge in [0.25, 0.3) is 0 Å². The minimum absolute atomic E-state index is 0.191. The van der Waals surface area contributed by atoms with Gasteiger partial charge in [0, 0.05) is 19.7 Å². The summed E-state index contributed by atoms with van der Waals surface area (Å²) in [5, 5.41) is 8.98. The van der Waals surface area contributed by atoms with Crippen molar-refractivity contribution in [1.82, 2.24) is 9.47 Å². The van der Waals surface area contributed by atoms with Crippen LogP contribution in [0, 0.1) is 0 Å². The second-order valence-corrected chi connectivity index (χ2v) is 5.00. The van der Waals surface area contributed by atoms with Crippen molar-refractivity contribution in [1.29, 1.82) is 0 Å². The molecule has 5 nitrogen and oxygen atoms in total. The number of aliphatic hydroxyl groups is 1. The Morgan fingerprint density at radius 1 is 1.42 bits per heavy atom. The van der Waals surface area contributed by atoms with Gasteiger partial charge in [0.05, 0.1) is 5.52 Å². The predicted molar refractivity (Wildman–Crippen MR) is 74.2 cm³/mol. The fraction of sp³-hybridized carbons (Fsp3) is 0.500. The quantitative estimate of drug-likeness (QED) is 0.889. The summed E-state index contributed by atoms with van der Waals surface area (Å²) >= 11 is 0. The summed E-state index contributed by atoms with van der Waals surface area (Å²) in [7, 11) is 5.73. The van der Waals surface area contributed by atoms with Crippen LogP contribution in [0.1, 0.15) is 24.4 Å². The first-order chi connectivity index (χ1) is 9.04. The third-order valence-corrected chi connectivity index (χ3v) is 3.46. The van der Waals surface area contributed by atoms with E-state index in [4.69, 9.17) is 9.52 Å². The molecule has 2 rings (SSSR count). The first-order valence-electron chi connectivity index (χ1n) is 6.41. The van der Waals surface area contributed by atoms with E-state index in [0.29, 0.717) is 5.58 Å². The molecule has 1 N–H and O–H groups in total. The number of aromatic nitrogens is 1. The van der Waals surface area contributed by atoms with Crippen LogP contribution in [0.25, 0.3) is 11.1 Å². The average molecular weight is 264 g/mol. The van der Waals surface area contributed by atoms with Gasteiger partial charge in [-0.05, 0) is 44.6 Å². The van der Waals surface area contributed by atoms with Gasteiger partial charge in [-0.1, -0.05) is 6.07 Å². The molecule has 0 radical (unpaired) electrons. The van der Waals surface area contributed by atoms with Gasteiger partial charge in [0.2, 0.25) is 0 Å². The Labute approximate surface area is 112 Å². The Morgan fingerprint density at radius 2 is 2.16 bits per heavy atom. The summed E-state index contributed by atoms with van der Waals surface area (Å²) in [6.45, 7) is 0.191. The van der Waals surface area contributed by atoms with E-state index in [1.54, 1.807) is 7.05 Å². The fourth-order valence-electron chi connectivity index (χ4n) is 2.36. The standard InChI is InChI=1S/C14H20N2O3/c1-15(2)11(5-4-8-17)10-6-7-13-12(9-10)16(3)14(18)19-13/h6-7,9,11,17H,4-5,8H2,1-3H3. The number of fused-ring (bicyclic) bond motifs is 1. The van der Waals surface area contributed by atoms with Gasteiger partial charge in [0.1, 0.15) is 0 Å². The minimum atomic E-state index is -0.344. The molecule has 0 aliphatic heterocycles. The number of benzene rings is 1. The van der Waals surface area contributed by atoms with Crippen LogP contribution < -0.4 is 5.76 Å². The van der Waals surface area contributed by atoms with Crippen LogP contribution in [0.4, 0.5) is 0 Å². The molecule has 104 valence electrons. The molecule has 0 bridgehead atoms. The fourth-order valence-corrected chi connectivity index (χ4v) is 2.36. The lowest BCUT2D eigenvalue weighted by Crippen LogP contribution is -2.20. The molecule has 1 aromatic carbocycles. The molecule has 5 heteroatoms. The van der Waals surface area contributed by atoms with E-state index >= 15 is 0 Å². The number of nitrogens with zero attached hydrogens (tertiary/aromatic N) is 2. The summed E-state index contributed by atoms with van der Waals surface area (Å²) < 4.78 is 6.64. The zero-order chi connectivity index (χ0) is 14.0. The van der Waals surface area contributed by atoms with Gasteiger partial charge in [-0.2, -0.15) is 0 Å². The van der Waals surface area contributed by atoms with Crippen molar-refractivity contribution in [3.8, 4) is 0 Å². The number of aliphatic hydroxyl groups excluding tert-OH is 1. The highest BCUT2D eigenvalue weighted by Crippen LogP contribution is 2.26. The van der Waals surface area contributed by atoms with E-state index in [-0.39, 0.29) is 18.4 Å². The highest BCUT2D eigenvalue weighted by atomic mass is 16.4. The van der Waals surface area contributed by atoms with Crippen molar-refractivity contribution >= 4 is 11.1 Å². The second kappa shape index (κ2) is 5.59. The molecular weight excluding hydrogens is 244 g/mol. The molecule has 0 aliphatic carbocycles. The van der Waals surface area contributed by atoms with E-state index in [2.05, 4.69) is 4.90 Å². The van der Waals surface area contributed by atoms with Crippen molar-refractivity contribution in [2.24, 2.45) is 7.05 Å². The number of oxazole rings is 1. The van der Waals surface area contributed by atoms with Crippen molar-refractivity contribution in [3.63, 3.8) is 0 Å². The van der Waals surface area contributed by atoms with Gasteiger partial charge in [-0.25, -0.2) is 4.79 Å². The van der Waals surface area contributed by atoms with Gasteiger partial charge in [-0.3, -0.25) is 4.57 Å². The molecule has 0 amide bonds. The smallest absolute Gasteiger partial charge is 0.408 e. The van der Waals surface area contributed by atoms with Gasteiger partial charge >= 0.3 is 5.76 Å². The van der Waals surface area contributed by atoms with Gasteiger partial charge < -0.3 is 14.4 Å². The lowest BCUT2D eigenvalue weighted by Gasteiger charge is -2.24. The van der Waals surface area contributed by atoms with E-state index in [1.165, 1.54) is 4.57 Å². The van der Waals surface area contributed by atoms with Crippen molar-refractivity contribution in [2.75, 3.05) is 20.7 Å². The first-order valence-corrected chi connectivity index (χ1v) is 6.41. The van der Waals surface area contributed by atoms with E-state index in [1.807, 2.05) is 32.3 Å². The molecule has 0 aliphatic rings. The second-order valence-electron chi connectivity index (χ2n) is 5.00. The Hall–Kier alpha value is -1.59. The molecule has 1 aromatic heterocycles. The molecule has 0 spiro atoms. The SMILES string of the molecule is CN(C)C(CCCO)c1ccc2oc(=O)n(C)c2c1. The summed E-state index contributed by atoms with van der Waals surface area (Å²) in [4.78, 5) is 13.6. The van der Waals surface area contributed by atoms with E-state index < -0.39 is 0 Å². The van der Waals surface area contributed by atoms with Crippen LogP contribution in [0.3, 0.4) is 0 Å². The number of aryl methyl sites for hydroxylation is 1. The third kappa shape index (κ3) is 2.72. The van der Waals surface area contributed by atoms with E-state index in [0.717, 1.165) is 23.9 Å². The van der Waals surface area contributed by atoms with Gasteiger partial charge in [0.15, 0.2) is 5.58 Å². The Bertz CT molecular complexity index is 613. The number of hydrogen-bond acceptors (Lipinski definition) is 4. The van der Waals surface area contributed by atoms with Crippen LogP contribution in [0.15, 0.2) is 27.4 Å². The average Bonchev–Trinajstić information content (AvgIpc) is 2.66. The monoisotopic (exact) mass is 264 g/mol. The van der Waals surface area contributed by atoms with Crippen molar-refractivity contribution < 1.29 is 9.52 Å². The molecule has 1 heterocycles. The summed E-state index contributed by atoms with van der Waals surface area (Å²) in [6.07, 6.45) is 1.63. The Balaban J connectivity index is 2.42. The summed E-state index contributed by atoms with van der Waals surface area (Å²) in [6, 6.07) is 6.03. The normalized spacial score (nSPS) is 13.3. The maximum Gasteiger partial charge on any atom is 0.419 e. The van der Waals surface area contributed by atoms with Crippen LogP contribution >= 0.6 is 0 Å². The summed E-state index contributed by atoms with van der Waals surface area (Å²) in [5.41, 5.74) is 2.54. The topological polar surface area (TPSA) is 58.6 Å².